The van der Waals surface area contributed by atoms with Crippen LogP contribution in [-0.2, 0) is 11.2 Å². The molecule has 2 aromatic rings. The fraction of sp³-hybridized carbons (Fsp3) is 0.476. The zero-order chi connectivity index (χ0) is 17.8. The molecular weight excluding hydrogens is 328 g/mol. The molecule has 1 fully saturated rings. The van der Waals surface area contributed by atoms with Crippen LogP contribution in [0.3, 0.4) is 0 Å². The second-order valence-electron chi connectivity index (χ2n) is 7.60. The van der Waals surface area contributed by atoms with Crippen LogP contribution in [0.1, 0.15) is 55.7 Å². The van der Waals surface area contributed by atoms with E-state index in [0.29, 0.717) is 12.0 Å². The number of carbonyl (C=O) groups is 1. The second kappa shape index (κ2) is 8.15. The molecule has 1 saturated carbocycles. The first-order chi connectivity index (χ1) is 12.0. The number of thiophene rings is 1. The molecule has 3 rings (SSSR count). The smallest absolute Gasteiger partial charge is 0.278 e. The van der Waals surface area contributed by atoms with E-state index in [9.17, 15) is 4.79 Å². The minimum Gasteiger partial charge on any atom is -0.348 e. The average molecular weight is 358 g/mol. The van der Waals surface area contributed by atoms with Gasteiger partial charge in [0.25, 0.3) is 5.91 Å². The highest BCUT2D eigenvalue weighted by molar-refractivity contribution is 7.10. The predicted molar refractivity (Wildman–Crippen MR) is 104 cm³/mol. The molecule has 134 valence electrons. The molecular formula is C21H29N2OS+. The molecule has 1 aliphatic rings. The Labute approximate surface area is 154 Å². The van der Waals surface area contributed by atoms with Gasteiger partial charge in [-0.05, 0) is 49.1 Å². The first-order valence-corrected chi connectivity index (χ1v) is 10.2. The fourth-order valence-corrected chi connectivity index (χ4v) is 3.94. The minimum atomic E-state index is -0.0944. The summed E-state index contributed by atoms with van der Waals surface area (Å²) in [6.07, 6.45) is 3.36. The van der Waals surface area contributed by atoms with Gasteiger partial charge in [-0.1, -0.05) is 44.2 Å². The van der Waals surface area contributed by atoms with Crippen LogP contribution in [0, 0.1) is 5.92 Å². The summed E-state index contributed by atoms with van der Waals surface area (Å²) < 4.78 is 0. The van der Waals surface area contributed by atoms with Gasteiger partial charge in [-0.25, -0.2) is 0 Å². The van der Waals surface area contributed by atoms with Gasteiger partial charge in [0.2, 0.25) is 0 Å². The fourth-order valence-electron chi connectivity index (χ4n) is 3.11. The second-order valence-corrected chi connectivity index (χ2v) is 8.58. The molecule has 0 saturated heterocycles. The van der Waals surface area contributed by atoms with Gasteiger partial charge >= 0.3 is 0 Å². The Kier molecular flexibility index (Phi) is 5.92. The molecule has 3 N–H and O–H groups in total. The van der Waals surface area contributed by atoms with Crippen molar-refractivity contribution in [3.63, 3.8) is 0 Å². The molecule has 0 radical (unpaired) electrons. The van der Waals surface area contributed by atoms with Gasteiger partial charge in [0.05, 0.1) is 4.88 Å². The Balaban J connectivity index is 1.74. The van der Waals surface area contributed by atoms with Crippen LogP contribution in [-0.4, -0.2) is 18.0 Å². The molecule has 1 aromatic heterocycles. The Morgan fingerprint density at radius 2 is 1.92 bits per heavy atom. The summed E-state index contributed by atoms with van der Waals surface area (Å²) in [7, 11) is 0. The van der Waals surface area contributed by atoms with Crippen LogP contribution in [0.15, 0.2) is 41.8 Å². The van der Waals surface area contributed by atoms with Gasteiger partial charge in [-0.2, -0.15) is 0 Å². The zero-order valence-electron chi connectivity index (χ0n) is 15.4. The van der Waals surface area contributed by atoms with Crippen LogP contribution >= 0.6 is 11.3 Å². The molecule has 2 atom stereocenters. The van der Waals surface area contributed by atoms with Crippen molar-refractivity contribution < 1.29 is 10.1 Å². The maximum absolute atomic E-state index is 12.4. The number of benzene rings is 1. The van der Waals surface area contributed by atoms with E-state index in [1.807, 2.05) is 6.92 Å². The van der Waals surface area contributed by atoms with Crippen molar-refractivity contribution in [1.29, 1.82) is 0 Å². The molecule has 4 heteroatoms. The predicted octanol–water partition coefficient (Wildman–Crippen LogP) is 3.27. The summed E-state index contributed by atoms with van der Waals surface area (Å²) in [6.45, 7) is 6.50. The van der Waals surface area contributed by atoms with E-state index in [1.54, 1.807) is 11.3 Å². The maximum atomic E-state index is 12.4. The molecule has 1 heterocycles. The third-order valence-electron chi connectivity index (χ3n) is 4.65. The topological polar surface area (TPSA) is 45.7 Å². The normalized spacial score (nSPS) is 16.6. The van der Waals surface area contributed by atoms with Gasteiger partial charge in [-0.15, -0.1) is 11.3 Å². The number of nitrogens with two attached hydrogens (primary N) is 1. The van der Waals surface area contributed by atoms with Crippen molar-refractivity contribution >= 4 is 17.2 Å². The van der Waals surface area contributed by atoms with E-state index in [0.717, 1.165) is 19.3 Å². The van der Waals surface area contributed by atoms with Gasteiger partial charge in [0, 0.05) is 11.6 Å². The molecule has 1 aliphatic carbocycles. The standard InChI is InChI=1S/C21H28N2OS/c1-14(2)13-16-6-8-17(9-7-16)20(19-5-4-12-25-19)22-15(3)21(24)23-18-10-11-18/h4-9,12,14-15,18,20,22H,10-11,13H2,1-3H3,(H,23,24)/p+1/t15-,20-/m0/s1. The van der Waals surface area contributed by atoms with Gasteiger partial charge in [-0.3, -0.25) is 4.79 Å². The van der Waals surface area contributed by atoms with Gasteiger partial charge in [0.15, 0.2) is 6.04 Å². The molecule has 0 bridgehead atoms. The van der Waals surface area contributed by atoms with Crippen molar-refractivity contribution in [2.75, 3.05) is 0 Å². The number of hydrogen-bond donors (Lipinski definition) is 2. The molecule has 0 aliphatic heterocycles. The first-order valence-electron chi connectivity index (χ1n) is 9.30. The Morgan fingerprint density at radius 3 is 2.48 bits per heavy atom. The molecule has 1 amide bonds. The van der Waals surface area contributed by atoms with Gasteiger partial charge < -0.3 is 10.6 Å². The van der Waals surface area contributed by atoms with Crippen molar-refractivity contribution in [1.82, 2.24) is 5.32 Å². The highest BCUT2D eigenvalue weighted by Crippen LogP contribution is 2.24. The van der Waals surface area contributed by atoms with Crippen LogP contribution in [0.4, 0.5) is 0 Å². The van der Waals surface area contributed by atoms with E-state index >= 15 is 0 Å². The summed E-state index contributed by atoms with van der Waals surface area (Å²) in [5.74, 6) is 0.817. The lowest BCUT2D eigenvalue weighted by molar-refractivity contribution is -0.704. The van der Waals surface area contributed by atoms with Crippen LogP contribution < -0.4 is 10.6 Å². The van der Waals surface area contributed by atoms with E-state index in [-0.39, 0.29) is 18.0 Å². The maximum Gasteiger partial charge on any atom is 0.278 e. The molecule has 0 unspecified atom stereocenters. The number of hydrogen-bond acceptors (Lipinski definition) is 2. The zero-order valence-corrected chi connectivity index (χ0v) is 16.2. The first kappa shape index (κ1) is 18.2. The van der Waals surface area contributed by atoms with E-state index in [2.05, 4.69) is 66.3 Å². The molecule has 3 nitrogen and oxygen atoms in total. The highest BCUT2D eigenvalue weighted by atomic mass is 32.1. The lowest BCUT2D eigenvalue weighted by Crippen LogP contribution is -2.92. The summed E-state index contributed by atoms with van der Waals surface area (Å²) >= 11 is 1.76. The largest absolute Gasteiger partial charge is 0.348 e. The monoisotopic (exact) mass is 357 g/mol. The third-order valence-corrected chi connectivity index (χ3v) is 5.61. The SMILES string of the molecule is CC(C)Cc1ccc([C@H]([NH2+][C@@H](C)C(=O)NC2CC2)c2cccs2)cc1. The summed E-state index contributed by atoms with van der Waals surface area (Å²) in [5.41, 5.74) is 2.64. The van der Waals surface area contributed by atoms with Crippen molar-refractivity contribution in [2.45, 2.75) is 58.2 Å². The quantitative estimate of drug-likeness (QED) is 0.748. The van der Waals surface area contributed by atoms with Crippen molar-refractivity contribution in [2.24, 2.45) is 5.92 Å². The molecule has 25 heavy (non-hydrogen) atoms. The van der Waals surface area contributed by atoms with Gasteiger partial charge in [0.1, 0.15) is 6.04 Å². The van der Waals surface area contributed by atoms with Crippen molar-refractivity contribution in [3.8, 4) is 0 Å². The molecule has 1 aromatic carbocycles. The summed E-state index contributed by atoms with van der Waals surface area (Å²) in [4.78, 5) is 13.7. The Morgan fingerprint density at radius 1 is 1.20 bits per heavy atom. The highest BCUT2D eigenvalue weighted by Gasteiger charge is 2.30. The number of quaternary nitrogens is 1. The Bertz CT molecular complexity index is 674. The lowest BCUT2D eigenvalue weighted by Gasteiger charge is -2.20. The average Bonchev–Trinajstić information content (AvgIpc) is 3.23. The van der Waals surface area contributed by atoms with Crippen LogP contribution in [0.2, 0.25) is 0 Å². The number of rotatable bonds is 8. The summed E-state index contributed by atoms with van der Waals surface area (Å²) in [5, 5.41) is 7.42. The van der Waals surface area contributed by atoms with E-state index < -0.39 is 0 Å². The van der Waals surface area contributed by atoms with E-state index in [4.69, 9.17) is 0 Å². The molecule has 0 spiro atoms. The Hall–Kier alpha value is -1.65. The van der Waals surface area contributed by atoms with Crippen LogP contribution in [0.25, 0.3) is 0 Å². The van der Waals surface area contributed by atoms with E-state index in [1.165, 1.54) is 16.0 Å². The van der Waals surface area contributed by atoms with Crippen molar-refractivity contribution in [3.05, 3.63) is 57.8 Å². The number of carbonyl (C=O) groups excluding carboxylic acids is 1. The number of nitrogens with one attached hydrogen (secondary N) is 1. The minimum absolute atomic E-state index is 0.0944. The lowest BCUT2D eigenvalue weighted by atomic mass is 9.98. The number of amides is 1. The third kappa shape index (κ3) is 5.16. The van der Waals surface area contributed by atoms with Crippen LogP contribution in [0.5, 0.6) is 0 Å². The summed E-state index contributed by atoms with van der Waals surface area (Å²) in [6, 6.07) is 13.7.